The molecular weight excluding hydrogens is 621 g/mol. The van der Waals surface area contributed by atoms with Crippen LogP contribution in [0.3, 0.4) is 0 Å². The summed E-state index contributed by atoms with van der Waals surface area (Å²) in [5, 5.41) is 14.4. The number of nitrogens with zero attached hydrogens (tertiary/aromatic N) is 2. The van der Waals surface area contributed by atoms with Crippen LogP contribution in [-0.4, -0.2) is 35.1 Å². The molecule has 0 aromatic heterocycles. The van der Waals surface area contributed by atoms with Crippen LogP contribution >= 0.6 is 35.0 Å². The van der Waals surface area contributed by atoms with Gasteiger partial charge in [-0.2, -0.15) is 0 Å². The maximum atomic E-state index is 11.0. The average Bonchev–Trinajstić information content (AvgIpc) is 3.40. The van der Waals surface area contributed by atoms with E-state index in [9.17, 15) is 4.79 Å². The van der Waals surface area contributed by atoms with Crippen molar-refractivity contribution in [3.05, 3.63) is 155 Å². The number of thioether (sulfide) groups is 1. The topological polar surface area (TPSA) is 74.0 Å². The minimum atomic E-state index is -0.928. The highest BCUT2D eigenvalue weighted by Gasteiger charge is 2.05. The number of allylic oxidation sites excluding steroid dienone is 17. The maximum absolute atomic E-state index is 11.0. The first-order valence-corrected chi connectivity index (χ1v) is 16.3. The molecule has 0 spiro atoms. The molecule has 1 aliphatic carbocycles. The molecular formula is C37H45Cl2N3O2S. The summed E-state index contributed by atoms with van der Waals surface area (Å²) in [5.41, 5.74) is 3.51. The molecule has 0 fully saturated rings. The van der Waals surface area contributed by atoms with Crippen molar-refractivity contribution in [3.8, 4) is 0 Å². The Hall–Kier alpha value is -3.84. The maximum Gasteiger partial charge on any atom is 0.335 e. The van der Waals surface area contributed by atoms with Crippen molar-refractivity contribution in [2.24, 2.45) is 9.98 Å². The van der Waals surface area contributed by atoms with E-state index in [2.05, 4.69) is 65.9 Å². The van der Waals surface area contributed by atoms with Crippen molar-refractivity contribution in [1.29, 1.82) is 0 Å². The molecule has 2 rings (SSSR count). The lowest BCUT2D eigenvalue weighted by Crippen LogP contribution is -2.10. The van der Waals surface area contributed by atoms with Gasteiger partial charge in [-0.25, -0.2) is 4.79 Å². The van der Waals surface area contributed by atoms with E-state index in [-0.39, 0.29) is 5.57 Å². The predicted octanol–water partition coefficient (Wildman–Crippen LogP) is 10.7. The van der Waals surface area contributed by atoms with Gasteiger partial charge in [0.1, 0.15) is 0 Å². The molecule has 0 radical (unpaired) electrons. The number of hydrogen-bond donors (Lipinski definition) is 2. The average molecular weight is 667 g/mol. The summed E-state index contributed by atoms with van der Waals surface area (Å²) in [6.07, 6.45) is 39.7. The molecule has 0 saturated carbocycles. The lowest BCUT2D eigenvalue weighted by molar-refractivity contribution is -0.132. The molecule has 2 N–H and O–H groups in total. The van der Waals surface area contributed by atoms with E-state index < -0.39 is 5.97 Å². The second-order valence-electron chi connectivity index (χ2n) is 9.03. The Morgan fingerprint density at radius 1 is 1.11 bits per heavy atom. The van der Waals surface area contributed by atoms with Gasteiger partial charge in [0.2, 0.25) is 0 Å². The number of rotatable bonds is 12. The van der Waals surface area contributed by atoms with Crippen molar-refractivity contribution < 1.29 is 9.90 Å². The van der Waals surface area contributed by atoms with Crippen molar-refractivity contribution >= 4 is 52.2 Å². The summed E-state index contributed by atoms with van der Waals surface area (Å²) in [6.45, 7) is 13.2. The Morgan fingerprint density at radius 2 is 1.82 bits per heavy atom. The number of halogens is 2. The molecule has 45 heavy (non-hydrogen) atoms. The van der Waals surface area contributed by atoms with Gasteiger partial charge in [0, 0.05) is 35.2 Å². The van der Waals surface area contributed by atoms with Crippen LogP contribution in [0.4, 0.5) is 0 Å². The van der Waals surface area contributed by atoms with E-state index >= 15 is 0 Å². The Morgan fingerprint density at radius 3 is 2.42 bits per heavy atom. The summed E-state index contributed by atoms with van der Waals surface area (Å²) in [7, 11) is 0. The Bertz CT molecular complexity index is 1350. The van der Waals surface area contributed by atoms with Crippen LogP contribution in [0.5, 0.6) is 0 Å². The highest BCUT2D eigenvalue weighted by Crippen LogP contribution is 2.16. The van der Waals surface area contributed by atoms with E-state index in [1.54, 1.807) is 73.6 Å². The standard InChI is InChI=1S/C20H22Cl2N2O2.C11H15NS.C6H8/c1-3-24-19(9-5-8-18(22)12-15(2)21)14-23-13-16-6-4-7-17(11-10-16)20(25)26;1-3-4-6-10-7-5-8-12-11(9-10)13-2;1-3-5-6-4-2/h3-5,7-12,14,23H,6,13H2,1-2H3,(H,25,26);3-5,8-9H,6-7H2,1-2H3;3-6H,1-2H2/b9-5+,15-12+,18-8+,19-14-,24-3?;4-3-;6-5+. The first-order chi connectivity index (χ1) is 21.7. The van der Waals surface area contributed by atoms with Crippen LogP contribution in [0.2, 0.25) is 0 Å². The zero-order valence-electron chi connectivity index (χ0n) is 26.6. The van der Waals surface area contributed by atoms with Gasteiger partial charge in [-0.3, -0.25) is 9.98 Å². The lowest BCUT2D eigenvalue weighted by atomic mass is 10.1. The van der Waals surface area contributed by atoms with Crippen LogP contribution in [0.1, 0.15) is 40.0 Å². The fraction of sp³-hybridized carbons (Fsp3) is 0.216. The third-order valence-electron chi connectivity index (χ3n) is 5.36. The van der Waals surface area contributed by atoms with Gasteiger partial charge in [-0.1, -0.05) is 109 Å². The minimum Gasteiger partial charge on any atom is -0.478 e. The quantitative estimate of drug-likeness (QED) is 0.124. The number of carboxylic acid groups (broad SMARTS) is 1. The van der Waals surface area contributed by atoms with Gasteiger partial charge in [0.25, 0.3) is 0 Å². The molecule has 1 aliphatic heterocycles. The molecule has 240 valence electrons. The van der Waals surface area contributed by atoms with E-state index in [0.717, 1.165) is 29.2 Å². The van der Waals surface area contributed by atoms with E-state index in [0.29, 0.717) is 23.0 Å². The molecule has 0 aromatic rings. The second kappa shape index (κ2) is 27.7. The minimum absolute atomic E-state index is 0.277. The summed E-state index contributed by atoms with van der Waals surface area (Å²) < 4.78 is 0. The van der Waals surface area contributed by atoms with Gasteiger partial charge in [-0.15, -0.1) is 11.8 Å². The van der Waals surface area contributed by atoms with Crippen LogP contribution in [0, 0.1) is 0 Å². The molecule has 8 heteroatoms. The fourth-order valence-electron chi connectivity index (χ4n) is 3.26. The number of aliphatic carboxylic acids is 1. The third kappa shape index (κ3) is 23.2. The summed E-state index contributed by atoms with van der Waals surface area (Å²) in [6, 6.07) is 0. The van der Waals surface area contributed by atoms with Crippen LogP contribution in [0.25, 0.3) is 0 Å². The number of aliphatic imine (C=N–C) groups is 2. The second-order valence-corrected chi connectivity index (χ2v) is 10.9. The van der Waals surface area contributed by atoms with Gasteiger partial charge >= 0.3 is 5.97 Å². The molecule has 2 aliphatic rings. The van der Waals surface area contributed by atoms with Gasteiger partial charge in [-0.05, 0) is 82.2 Å². The monoisotopic (exact) mass is 665 g/mol. The van der Waals surface area contributed by atoms with Gasteiger partial charge < -0.3 is 10.4 Å². The summed E-state index contributed by atoms with van der Waals surface area (Å²) >= 11 is 13.5. The van der Waals surface area contributed by atoms with Crippen LogP contribution in [0.15, 0.2) is 165 Å². The van der Waals surface area contributed by atoms with E-state index in [1.807, 2.05) is 43.5 Å². The first-order valence-electron chi connectivity index (χ1n) is 14.3. The van der Waals surface area contributed by atoms with Crippen LogP contribution in [-0.2, 0) is 4.79 Å². The Labute approximate surface area is 284 Å². The van der Waals surface area contributed by atoms with Crippen molar-refractivity contribution in [3.63, 3.8) is 0 Å². The molecule has 0 saturated heterocycles. The molecule has 5 nitrogen and oxygen atoms in total. The highest BCUT2D eigenvalue weighted by molar-refractivity contribution is 8.13. The van der Waals surface area contributed by atoms with Gasteiger partial charge in [0.05, 0.1) is 16.3 Å². The molecule has 0 aromatic carbocycles. The third-order valence-corrected chi connectivity index (χ3v) is 6.35. The lowest BCUT2D eigenvalue weighted by Gasteiger charge is -2.04. The number of hydrogen-bond acceptors (Lipinski definition) is 5. The number of nitrogens with one attached hydrogen (secondary N) is 1. The highest BCUT2D eigenvalue weighted by atomic mass is 35.5. The normalized spacial score (nSPS) is 15.7. The zero-order chi connectivity index (χ0) is 33.7. The van der Waals surface area contributed by atoms with Crippen molar-refractivity contribution in [2.75, 3.05) is 12.8 Å². The molecule has 1 heterocycles. The first kappa shape index (κ1) is 41.2. The number of carbonyl (C=O) groups is 1. The molecule has 0 bridgehead atoms. The summed E-state index contributed by atoms with van der Waals surface area (Å²) in [5.74, 6) is -0.928. The molecule has 0 atom stereocenters. The molecule has 0 amide bonds. The molecule has 0 unspecified atom stereocenters. The van der Waals surface area contributed by atoms with Crippen LogP contribution < -0.4 is 5.32 Å². The fourth-order valence-corrected chi connectivity index (χ4v) is 4.12. The number of carboxylic acids is 1. The summed E-state index contributed by atoms with van der Waals surface area (Å²) in [4.78, 5) is 19.5. The van der Waals surface area contributed by atoms with Crippen molar-refractivity contribution in [2.45, 2.75) is 40.0 Å². The largest absolute Gasteiger partial charge is 0.478 e. The Kier molecular flexibility index (Phi) is 25.3. The zero-order valence-corrected chi connectivity index (χ0v) is 29.0. The predicted molar refractivity (Wildman–Crippen MR) is 202 cm³/mol. The smallest absolute Gasteiger partial charge is 0.335 e. The van der Waals surface area contributed by atoms with E-state index in [1.165, 1.54) is 5.57 Å². The Balaban J connectivity index is 0.000000837. The van der Waals surface area contributed by atoms with Crippen molar-refractivity contribution in [1.82, 2.24) is 5.32 Å². The van der Waals surface area contributed by atoms with E-state index in [4.69, 9.17) is 28.3 Å². The van der Waals surface area contributed by atoms with Gasteiger partial charge in [0.15, 0.2) is 0 Å². The SMILES string of the molecule is C/C=C\CC1=CC(SC)=NC=CC1.C=C/C=C/C=C.CC=NC(=C\NCC1=CC=C(C(=O)O)C=CC1)/C=C/C=C(Cl)\C=C(/C)Cl.